The molecule has 22 heavy (non-hydrogen) atoms. The minimum atomic E-state index is 0.360. The Balaban J connectivity index is 1.56. The van der Waals surface area contributed by atoms with Gasteiger partial charge in [0.05, 0.1) is 17.8 Å². The fourth-order valence-corrected chi connectivity index (χ4v) is 2.21. The summed E-state index contributed by atoms with van der Waals surface area (Å²) in [7, 11) is 0. The zero-order valence-electron chi connectivity index (χ0n) is 11.5. The predicted molar refractivity (Wildman–Crippen MR) is 80.9 cm³/mol. The van der Waals surface area contributed by atoms with Crippen molar-refractivity contribution in [1.29, 1.82) is 0 Å². The van der Waals surface area contributed by atoms with Crippen molar-refractivity contribution < 1.29 is 4.42 Å². The molecular formula is C15H12N6O. The molecule has 0 unspecified atom stereocenters. The second kappa shape index (κ2) is 5.28. The van der Waals surface area contributed by atoms with Crippen molar-refractivity contribution in [3.63, 3.8) is 0 Å². The van der Waals surface area contributed by atoms with Crippen LogP contribution < -0.4 is 5.32 Å². The first-order valence-corrected chi connectivity index (χ1v) is 6.80. The number of rotatable bonds is 4. The van der Waals surface area contributed by atoms with Gasteiger partial charge in [-0.2, -0.15) is 0 Å². The fraction of sp³-hybridized carbons (Fsp3) is 0.0667. The van der Waals surface area contributed by atoms with Crippen molar-refractivity contribution in [3.8, 4) is 11.5 Å². The van der Waals surface area contributed by atoms with Gasteiger partial charge >= 0.3 is 6.01 Å². The molecule has 0 fully saturated rings. The fourth-order valence-electron chi connectivity index (χ4n) is 2.21. The van der Waals surface area contributed by atoms with Crippen molar-refractivity contribution in [1.82, 2.24) is 25.1 Å². The smallest absolute Gasteiger partial charge is 0.316 e. The molecule has 0 aliphatic carbocycles. The lowest BCUT2D eigenvalue weighted by Gasteiger charge is -1.99. The van der Waals surface area contributed by atoms with Crippen LogP contribution in [0, 0.1) is 0 Å². The van der Waals surface area contributed by atoms with Crippen molar-refractivity contribution in [3.05, 3.63) is 54.6 Å². The molecule has 4 rings (SSSR count). The summed E-state index contributed by atoms with van der Waals surface area (Å²) in [5, 5.41) is 12.1. The molecule has 0 amide bonds. The molecule has 4 heterocycles. The van der Waals surface area contributed by atoms with Gasteiger partial charge in [0.25, 0.3) is 5.89 Å². The van der Waals surface area contributed by atoms with Gasteiger partial charge in [-0.15, -0.1) is 5.10 Å². The second-order valence-corrected chi connectivity index (χ2v) is 4.69. The largest absolute Gasteiger partial charge is 0.403 e. The molecule has 7 nitrogen and oxygen atoms in total. The maximum Gasteiger partial charge on any atom is 0.316 e. The lowest BCUT2D eigenvalue weighted by molar-refractivity contribution is 0.581. The van der Waals surface area contributed by atoms with E-state index >= 15 is 0 Å². The zero-order chi connectivity index (χ0) is 14.8. The van der Waals surface area contributed by atoms with Gasteiger partial charge in [0.15, 0.2) is 0 Å². The van der Waals surface area contributed by atoms with E-state index in [1.54, 1.807) is 12.4 Å². The van der Waals surface area contributed by atoms with Gasteiger partial charge in [0, 0.05) is 24.0 Å². The number of hydrogen-bond donors (Lipinski definition) is 2. The Kier molecular flexibility index (Phi) is 3.01. The number of hydrogen-bond acceptors (Lipinski definition) is 6. The average molecular weight is 292 g/mol. The Morgan fingerprint density at radius 1 is 1.05 bits per heavy atom. The maximum absolute atomic E-state index is 5.65. The summed E-state index contributed by atoms with van der Waals surface area (Å²) in [6.07, 6.45) is 5.29. The standard InChI is InChI=1S/C15H12N6O/c1-2-6-16-10(4-1)8-19-15-21-20-14(22-15)12-9-18-13-11(12)5-3-7-17-13/h1-7,9H,8H2,(H,17,18)(H,19,21). The van der Waals surface area contributed by atoms with E-state index in [0.717, 1.165) is 22.3 Å². The molecule has 0 saturated heterocycles. The Morgan fingerprint density at radius 3 is 2.91 bits per heavy atom. The number of nitrogens with one attached hydrogen (secondary N) is 2. The zero-order valence-corrected chi connectivity index (χ0v) is 11.5. The van der Waals surface area contributed by atoms with Crippen molar-refractivity contribution in [2.75, 3.05) is 5.32 Å². The summed E-state index contributed by atoms with van der Waals surface area (Å²) < 4.78 is 5.65. The summed E-state index contributed by atoms with van der Waals surface area (Å²) in [4.78, 5) is 11.6. The molecule has 0 atom stereocenters. The number of aromatic amines is 1. The Morgan fingerprint density at radius 2 is 2.00 bits per heavy atom. The molecule has 0 bridgehead atoms. The third kappa shape index (κ3) is 2.28. The molecule has 0 radical (unpaired) electrons. The van der Waals surface area contributed by atoms with Crippen LogP contribution >= 0.6 is 0 Å². The number of fused-ring (bicyclic) bond motifs is 1. The van der Waals surface area contributed by atoms with Crippen molar-refractivity contribution in [2.45, 2.75) is 6.54 Å². The molecule has 0 saturated carbocycles. The average Bonchev–Trinajstić information content (AvgIpc) is 3.20. The van der Waals surface area contributed by atoms with E-state index < -0.39 is 0 Å². The van der Waals surface area contributed by atoms with Crippen LogP contribution in [-0.4, -0.2) is 25.1 Å². The summed E-state index contributed by atoms with van der Waals surface area (Å²) in [6, 6.07) is 9.92. The van der Waals surface area contributed by atoms with Crippen LogP contribution in [0.15, 0.2) is 53.3 Å². The number of pyridine rings is 2. The first kappa shape index (κ1) is 12.5. The van der Waals surface area contributed by atoms with Gasteiger partial charge in [-0.1, -0.05) is 11.2 Å². The van der Waals surface area contributed by atoms with Crippen LogP contribution in [0.25, 0.3) is 22.5 Å². The van der Waals surface area contributed by atoms with E-state index in [0.29, 0.717) is 18.5 Å². The van der Waals surface area contributed by atoms with Gasteiger partial charge in [-0.05, 0) is 24.3 Å². The summed E-state index contributed by atoms with van der Waals surface area (Å²) in [6.45, 7) is 0.526. The van der Waals surface area contributed by atoms with E-state index in [4.69, 9.17) is 4.42 Å². The predicted octanol–water partition coefficient (Wildman–Crippen LogP) is 2.62. The van der Waals surface area contributed by atoms with Crippen LogP contribution in [0.4, 0.5) is 6.01 Å². The van der Waals surface area contributed by atoms with Gasteiger partial charge in [-0.25, -0.2) is 4.98 Å². The van der Waals surface area contributed by atoms with Crippen LogP contribution in [0.3, 0.4) is 0 Å². The SMILES string of the molecule is c1ccc(CNc2nnc(-c3c[nH]c4ncccc34)o2)nc1. The van der Waals surface area contributed by atoms with E-state index in [1.165, 1.54) is 0 Å². The lowest BCUT2D eigenvalue weighted by Crippen LogP contribution is -2.01. The number of H-pyrrole nitrogens is 1. The minimum absolute atomic E-state index is 0.360. The molecule has 2 N–H and O–H groups in total. The van der Waals surface area contributed by atoms with Gasteiger partial charge in [0.2, 0.25) is 0 Å². The molecule has 4 aromatic rings. The third-order valence-corrected chi connectivity index (χ3v) is 3.25. The summed E-state index contributed by atoms with van der Waals surface area (Å²) in [5.41, 5.74) is 2.53. The first-order chi connectivity index (χ1) is 10.9. The summed E-state index contributed by atoms with van der Waals surface area (Å²) >= 11 is 0. The molecule has 0 aliphatic rings. The van der Waals surface area contributed by atoms with Crippen LogP contribution in [0.2, 0.25) is 0 Å². The van der Waals surface area contributed by atoms with Crippen molar-refractivity contribution >= 4 is 17.0 Å². The highest BCUT2D eigenvalue weighted by atomic mass is 16.4. The van der Waals surface area contributed by atoms with Crippen molar-refractivity contribution in [2.24, 2.45) is 0 Å². The summed E-state index contributed by atoms with van der Waals surface area (Å²) in [5.74, 6) is 0.447. The highest BCUT2D eigenvalue weighted by Crippen LogP contribution is 2.27. The number of nitrogens with zero attached hydrogens (tertiary/aromatic N) is 4. The Labute approximate surface area is 125 Å². The normalized spacial score (nSPS) is 10.9. The van der Waals surface area contributed by atoms with Crippen LogP contribution in [0.5, 0.6) is 0 Å². The van der Waals surface area contributed by atoms with Gasteiger partial charge in [0.1, 0.15) is 5.65 Å². The quantitative estimate of drug-likeness (QED) is 0.600. The maximum atomic E-state index is 5.65. The van der Waals surface area contributed by atoms with E-state index in [-0.39, 0.29) is 0 Å². The van der Waals surface area contributed by atoms with Gasteiger partial charge < -0.3 is 14.7 Å². The highest BCUT2D eigenvalue weighted by molar-refractivity contribution is 5.90. The van der Waals surface area contributed by atoms with Crippen LogP contribution in [-0.2, 0) is 6.54 Å². The monoisotopic (exact) mass is 292 g/mol. The number of anilines is 1. The second-order valence-electron chi connectivity index (χ2n) is 4.69. The third-order valence-electron chi connectivity index (χ3n) is 3.25. The van der Waals surface area contributed by atoms with Crippen LogP contribution in [0.1, 0.15) is 5.69 Å². The van der Waals surface area contributed by atoms with Gasteiger partial charge in [-0.3, -0.25) is 4.98 Å². The molecule has 0 spiro atoms. The molecule has 0 aliphatic heterocycles. The molecule has 7 heteroatoms. The molecule has 4 aromatic heterocycles. The first-order valence-electron chi connectivity index (χ1n) is 6.80. The molecular weight excluding hydrogens is 280 g/mol. The Hall–Kier alpha value is -3.22. The highest BCUT2D eigenvalue weighted by Gasteiger charge is 2.13. The van der Waals surface area contributed by atoms with E-state index in [9.17, 15) is 0 Å². The minimum Gasteiger partial charge on any atom is -0.403 e. The molecule has 108 valence electrons. The lowest BCUT2D eigenvalue weighted by atomic mass is 10.2. The topological polar surface area (TPSA) is 92.5 Å². The number of aromatic nitrogens is 5. The van der Waals surface area contributed by atoms with E-state index in [2.05, 4.69) is 30.5 Å². The Bertz CT molecular complexity index is 898. The molecule has 0 aromatic carbocycles. The van der Waals surface area contributed by atoms with E-state index in [1.807, 2.05) is 36.5 Å².